The Hall–Kier alpha value is -1.77. The summed E-state index contributed by atoms with van der Waals surface area (Å²) in [4.78, 5) is 26.9. The van der Waals surface area contributed by atoms with Crippen LogP contribution in [0, 0.1) is 23.2 Å². The summed E-state index contributed by atoms with van der Waals surface area (Å²) in [5.74, 6) is -0.740. The zero-order valence-corrected chi connectivity index (χ0v) is 11.8. The third-order valence-corrected chi connectivity index (χ3v) is 3.19. The van der Waals surface area contributed by atoms with Crippen LogP contribution in [0.1, 0.15) is 20.8 Å². The largest absolute Gasteiger partial charge is 0.450 e. The van der Waals surface area contributed by atoms with Gasteiger partial charge in [-0.3, -0.25) is 4.79 Å². The molecule has 19 heavy (non-hydrogen) atoms. The van der Waals surface area contributed by atoms with Crippen molar-refractivity contribution in [2.45, 2.75) is 20.8 Å². The van der Waals surface area contributed by atoms with E-state index >= 15 is 0 Å². The average Bonchev–Trinajstić information content (AvgIpc) is 2.39. The summed E-state index contributed by atoms with van der Waals surface area (Å²) in [6.45, 7) is 7.67. The molecule has 1 unspecified atom stereocenters. The molecule has 1 aliphatic rings. The van der Waals surface area contributed by atoms with Crippen molar-refractivity contribution in [3.05, 3.63) is 0 Å². The Morgan fingerprint density at radius 1 is 1.21 bits per heavy atom. The molecule has 0 aromatic carbocycles. The van der Waals surface area contributed by atoms with Gasteiger partial charge in [0.25, 0.3) is 0 Å². The Balaban J connectivity index is 2.52. The second-order valence-electron chi connectivity index (χ2n) is 4.86. The van der Waals surface area contributed by atoms with Crippen LogP contribution in [0.3, 0.4) is 0 Å². The second-order valence-corrected chi connectivity index (χ2v) is 4.86. The lowest BCUT2D eigenvalue weighted by atomic mass is 9.96. The SMILES string of the molecule is CCOC(=O)N1CCN(C(=O)C(C#N)C(C)C)CC1. The molecule has 1 heterocycles. The highest BCUT2D eigenvalue weighted by atomic mass is 16.6. The highest BCUT2D eigenvalue weighted by Gasteiger charge is 2.30. The summed E-state index contributed by atoms with van der Waals surface area (Å²) in [7, 11) is 0. The number of nitriles is 1. The third-order valence-electron chi connectivity index (χ3n) is 3.19. The zero-order chi connectivity index (χ0) is 14.4. The molecule has 1 fully saturated rings. The molecule has 1 atom stereocenters. The van der Waals surface area contributed by atoms with Gasteiger partial charge in [0.2, 0.25) is 5.91 Å². The Bertz CT molecular complexity index is 368. The van der Waals surface area contributed by atoms with E-state index in [0.717, 1.165) is 0 Å². The monoisotopic (exact) mass is 267 g/mol. The van der Waals surface area contributed by atoms with Crippen LogP contribution in [0.15, 0.2) is 0 Å². The predicted octanol–water partition coefficient (Wildman–Crippen LogP) is 1.08. The Kier molecular flexibility index (Phi) is 5.61. The van der Waals surface area contributed by atoms with Crippen LogP contribution in [0.2, 0.25) is 0 Å². The number of piperazine rings is 1. The van der Waals surface area contributed by atoms with E-state index in [1.54, 1.807) is 16.7 Å². The molecule has 0 radical (unpaired) electrons. The average molecular weight is 267 g/mol. The molecule has 1 saturated heterocycles. The van der Waals surface area contributed by atoms with Crippen molar-refractivity contribution in [3.8, 4) is 6.07 Å². The first-order valence-electron chi connectivity index (χ1n) is 6.61. The van der Waals surface area contributed by atoms with Gasteiger partial charge < -0.3 is 14.5 Å². The Morgan fingerprint density at radius 3 is 2.16 bits per heavy atom. The zero-order valence-electron chi connectivity index (χ0n) is 11.8. The van der Waals surface area contributed by atoms with E-state index in [4.69, 9.17) is 10.00 Å². The fourth-order valence-electron chi connectivity index (χ4n) is 2.01. The van der Waals surface area contributed by atoms with Gasteiger partial charge in [-0.25, -0.2) is 4.79 Å². The van der Waals surface area contributed by atoms with Gasteiger partial charge in [0.1, 0.15) is 5.92 Å². The van der Waals surface area contributed by atoms with E-state index in [2.05, 4.69) is 6.07 Å². The van der Waals surface area contributed by atoms with Crippen LogP contribution in [-0.2, 0) is 9.53 Å². The number of rotatable bonds is 3. The van der Waals surface area contributed by atoms with E-state index in [1.165, 1.54) is 0 Å². The van der Waals surface area contributed by atoms with E-state index in [-0.39, 0.29) is 17.9 Å². The minimum absolute atomic E-state index is 0.000543. The van der Waals surface area contributed by atoms with Crippen molar-refractivity contribution >= 4 is 12.0 Å². The Labute approximate surface area is 113 Å². The van der Waals surface area contributed by atoms with Gasteiger partial charge in [0.05, 0.1) is 12.7 Å². The molecule has 0 aromatic heterocycles. The molecule has 0 saturated carbocycles. The molecule has 1 aliphatic heterocycles. The molecule has 0 N–H and O–H groups in total. The van der Waals surface area contributed by atoms with Crippen molar-refractivity contribution in [2.75, 3.05) is 32.8 Å². The van der Waals surface area contributed by atoms with Crippen LogP contribution in [0.4, 0.5) is 4.79 Å². The maximum absolute atomic E-state index is 12.1. The van der Waals surface area contributed by atoms with Crippen LogP contribution in [-0.4, -0.2) is 54.6 Å². The number of nitrogens with zero attached hydrogens (tertiary/aromatic N) is 3. The molecule has 6 nitrogen and oxygen atoms in total. The van der Waals surface area contributed by atoms with Gasteiger partial charge >= 0.3 is 6.09 Å². The predicted molar refractivity (Wildman–Crippen MR) is 69.1 cm³/mol. The van der Waals surface area contributed by atoms with Gasteiger partial charge in [-0.15, -0.1) is 0 Å². The van der Waals surface area contributed by atoms with E-state index in [1.807, 2.05) is 13.8 Å². The van der Waals surface area contributed by atoms with Crippen molar-refractivity contribution in [1.82, 2.24) is 9.80 Å². The van der Waals surface area contributed by atoms with Crippen LogP contribution in [0.5, 0.6) is 0 Å². The van der Waals surface area contributed by atoms with Crippen LogP contribution >= 0.6 is 0 Å². The molecule has 1 rings (SSSR count). The minimum atomic E-state index is -0.603. The van der Waals surface area contributed by atoms with Gasteiger partial charge in [-0.1, -0.05) is 13.8 Å². The first kappa shape index (κ1) is 15.3. The Morgan fingerprint density at radius 2 is 1.74 bits per heavy atom. The van der Waals surface area contributed by atoms with E-state index in [0.29, 0.717) is 32.8 Å². The topological polar surface area (TPSA) is 73.6 Å². The van der Waals surface area contributed by atoms with Gasteiger partial charge in [0.15, 0.2) is 0 Å². The first-order valence-corrected chi connectivity index (χ1v) is 6.61. The first-order chi connectivity index (χ1) is 9.01. The molecule has 0 spiro atoms. The van der Waals surface area contributed by atoms with Crippen molar-refractivity contribution in [1.29, 1.82) is 5.26 Å². The summed E-state index contributed by atoms with van der Waals surface area (Å²) in [6.07, 6.45) is -0.338. The maximum atomic E-state index is 12.1. The summed E-state index contributed by atoms with van der Waals surface area (Å²) in [5, 5.41) is 9.03. The number of hydrogen-bond acceptors (Lipinski definition) is 4. The lowest BCUT2D eigenvalue weighted by molar-refractivity contribution is -0.136. The number of carbonyl (C=O) groups is 2. The maximum Gasteiger partial charge on any atom is 0.409 e. The van der Waals surface area contributed by atoms with Gasteiger partial charge in [0, 0.05) is 26.2 Å². The summed E-state index contributed by atoms with van der Waals surface area (Å²) < 4.78 is 4.92. The fourth-order valence-corrected chi connectivity index (χ4v) is 2.01. The normalized spacial score (nSPS) is 17.0. The van der Waals surface area contributed by atoms with Crippen molar-refractivity contribution < 1.29 is 14.3 Å². The lowest BCUT2D eigenvalue weighted by Gasteiger charge is -2.35. The summed E-state index contributed by atoms with van der Waals surface area (Å²) in [5.41, 5.74) is 0. The van der Waals surface area contributed by atoms with Gasteiger partial charge in [-0.2, -0.15) is 5.26 Å². The summed E-state index contributed by atoms with van der Waals surface area (Å²) in [6, 6.07) is 2.06. The van der Waals surface area contributed by atoms with Crippen molar-refractivity contribution in [3.63, 3.8) is 0 Å². The molecule has 0 bridgehead atoms. The molecular formula is C13H21N3O3. The number of hydrogen-bond donors (Lipinski definition) is 0. The molecule has 2 amide bonds. The lowest BCUT2D eigenvalue weighted by Crippen LogP contribution is -2.52. The minimum Gasteiger partial charge on any atom is -0.450 e. The third kappa shape index (κ3) is 3.85. The number of amides is 2. The van der Waals surface area contributed by atoms with Crippen LogP contribution < -0.4 is 0 Å². The fraction of sp³-hybridized carbons (Fsp3) is 0.769. The quantitative estimate of drug-likeness (QED) is 0.767. The highest BCUT2D eigenvalue weighted by Crippen LogP contribution is 2.15. The molecule has 0 aliphatic carbocycles. The van der Waals surface area contributed by atoms with Crippen LogP contribution in [0.25, 0.3) is 0 Å². The second kappa shape index (κ2) is 6.98. The number of carbonyl (C=O) groups excluding carboxylic acids is 2. The highest BCUT2D eigenvalue weighted by molar-refractivity contribution is 5.81. The van der Waals surface area contributed by atoms with E-state index < -0.39 is 5.92 Å². The van der Waals surface area contributed by atoms with Crippen molar-refractivity contribution in [2.24, 2.45) is 11.8 Å². The molecule has 0 aromatic rings. The smallest absolute Gasteiger partial charge is 0.409 e. The number of ether oxygens (including phenoxy) is 1. The van der Waals surface area contributed by atoms with Gasteiger partial charge in [-0.05, 0) is 12.8 Å². The van der Waals surface area contributed by atoms with E-state index in [9.17, 15) is 9.59 Å². The molecular weight excluding hydrogens is 246 g/mol. The molecule has 6 heteroatoms. The standard InChI is InChI=1S/C13H21N3O3/c1-4-19-13(18)16-7-5-15(6-8-16)12(17)11(9-14)10(2)3/h10-11H,4-8H2,1-3H3. The summed E-state index contributed by atoms with van der Waals surface area (Å²) >= 11 is 0. The molecule has 106 valence electrons.